The van der Waals surface area contributed by atoms with Crippen molar-refractivity contribution < 1.29 is 22.8 Å². The standard InChI is InChI=1S/C18H25F3N4O2/c1-2-22-17(24-8-6-18(19,20)21)23-7-3-9-25-15(26)13-11-4-5-12(10-11)14(13)16(25)27/h4-5,11-14H,2-3,6-10H2,1H3,(H2,22,23,24). The second-order valence-electron chi connectivity index (χ2n) is 7.23. The minimum Gasteiger partial charge on any atom is -0.357 e. The van der Waals surface area contributed by atoms with E-state index in [1.165, 1.54) is 4.90 Å². The van der Waals surface area contributed by atoms with Gasteiger partial charge in [0.25, 0.3) is 0 Å². The molecule has 2 N–H and O–H groups in total. The quantitative estimate of drug-likeness (QED) is 0.230. The van der Waals surface area contributed by atoms with E-state index >= 15 is 0 Å². The molecular weight excluding hydrogens is 361 g/mol. The first-order valence-corrected chi connectivity index (χ1v) is 9.44. The smallest absolute Gasteiger partial charge is 0.357 e. The summed E-state index contributed by atoms with van der Waals surface area (Å²) in [5, 5.41) is 5.52. The highest BCUT2D eigenvalue weighted by atomic mass is 19.4. The summed E-state index contributed by atoms with van der Waals surface area (Å²) < 4.78 is 36.7. The minimum atomic E-state index is -4.22. The molecule has 3 aliphatic rings. The van der Waals surface area contributed by atoms with Crippen LogP contribution in [0.15, 0.2) is 17.1 Å². The van der Waals surface area contributed by atoms with Gasteiger partial charge in [-0.15, -0.1) is 0 Å². The van der Waals surface area contributed by atoms with Crippen molar-refractivity contribution in [1.82, 2.24) is 15.5 Å². The molecule has 4 unspecified atom stereocenters. The van der Waals surface area contributed by atoms with Gasteiger partial charge in [0.2, 0.25) is 11.8 Å². The van der Waals surface area contributed by atoms with Crippen LogP contribution in [0.2, 0.25) is 0 Å². The summed E-state index contributed by atoms with van der Waals surface area (Å²) in [5.74, 6) is 0.132. The third-order valence-electron chi connectivity index (χ3n) is 5.42. The molecule has 4 atom stereocenters. The minimum absolute atomic E-state index is 0.0824. The lowest BCUT2D eigenvalue weighted by molar-refractivity contribution is -0.140. The fourth-order valence-corrected chi connectivity index (χ4v) is 4.27. The van der Waals surface area contributed by atoms with Crippen LogP contribution in [0.1, 0.15) is 26.2 Å². The SMILES string of the molecule is CCNC(=NCCCN1C(=O)C2C3C=CC(C3)C2C1=O)NCCC(F)(F)F. The lowest BCUT2D eigenvalue weighted by Crippen LogP contribution is -2.39. The first-order valence-electron chi connectivity index (χ1n) is 9.44. The van der Waals surface area contributed by atoms with Gasteiger partial charge < -0.3 is 10.6 Å². The number of likely N-dealkylation sites (tertiary alicyclic amines) is 1. The van der Waals surface area contributed by atoms with Crippen molar-refractivity contribution in [1.29, 1.82) is 0 Å². The van der Waals surface area contributed by atoms with Gasteiger partial charge in [-0.1, -0.05) is 12.2 Å². The molecule has 27 heavy (non-hydrogen) atoms. The maximum atomic E-state index is 12.6. The third-order valence-corrected chi connectivity index (χ3v) is 5.42. The lowest BCUT2D eigenvalue weighted by atomic mass is 9.85. The van der Waals surface area contributed by atoms with E-state index in [0.29, 0.717) is 32.0 Å². The van der Waals surface area contributed by atoms with Gasteiger partial charge in [-0.3, -0.25) is 19.5 Å². The molecule has 1 aliphatic heterocycles. The van der Waals surface area contributed by atoms with Crippen LogP contribution in [0, 0.1) is 23.7 Å². The molecule has 150 valence electrons. The summed E-state index contributed by atoms with van der Waals surface area (Å²) in [6.07, 6.45) is 0.344. The molecule has 3 rings (SSSR count). The number of guanidine groups is 1. The van der Waals surface area contributed by atoms with E-state index in [-0.39, 0.29) is 42.0 Å². The number of imide groups is 1. The van der Waals surface area contributed by atoms with Gasteiger partial charge in [-0.2, -0.15) is 13.2 Å². The molecule has 2 bridgehead atoms. The van der Waals surface area contributed by atoms with E-state index in [2.05, 4.69) is 27.8 Å². The Morgan fingerprint density at radius 2 is 1.81 bits per heavy atom. The van der Waals surface area contributed by atoms with Gasteiger partial charge in [-0.25, -0.2) is 0 Å². The highest BCUT2D eigenvalue weighted by Crippen LogP contribution is 2.52. The number of allylic oxidation sites excluding steroid dienone is 2. The molecule has 9 heteroatoms. The zero-order chi connectivity index (χ0) is 19.6. The Morgan fingerprint density at radius 1 is 1.19 bits per heavy atom. The summed E-state index contributed by atoms with van der Waals surface area (Å²) in [6.45, 7) is 2.72. The lowest BCUT2D eigenvalue weighted by Gasteiger charge is -2.17. The predicted octanol–water partition coefficient (Wildman–Crippen LogP) is 1.69. The van der Waals surface area contributed by atoms with E-state index in [0.717, 1.165) is 6.42 Å². The largest absolute Gasteiger partial charge is 0.390 e. The highest BCUT2D eigenvalue weighted by Gasteiger charge is 2.58. The molecule has 2 amide bonds. The number of aliphatic imine (C=N–C) groups is 1. The van der Waals surface area contributed by atoms with Gasteiger partial charge >= 0.3 is 6.18 Å². The molecule has 2 aliphatic carbocycles. The first kappa shape index (κ1) is 19.7. The van der Waals surface area contributed by atoms with E-state index in [1.807, 2.05) is 6.92 Å². The molecule has 2 fully saturated rings. The number of hydrogen-bond acceptors (Lipinski definition) is 3. The number of alkyl halides is 3. The normalized spacial score (nSPS) is 29.6. The third kappa shape index (κ3) is 4.27. The second kappa shape index (κ2) is 7.90. The maximum Gasteiger partial charge on any atom is 0.390 e. The Balaban J connectivity index is 1.46. The number of nitrogens with zero attached hydrogens (tertiary/aromatic N) is 2. The van der Waals surface area contributed by atoms with Crippen LogP contribution >= 0.6 is 0 Å². The number of nitrogens with one attached hydrogen (secondary N) is 2. The van der Waals surface area contributed by atoms with Crippen LogP contribution in [-0.4, -0.2) is 55.0 Å². The molecule has 0 aromatic rings. The van der Waals surface area contributed by atoms with Crippen molar-refractivity contribution in [3.8, 4) is 0 Å². The maximum absolute atomic E-state index is 12.6. The van der Waals surface area contributed by atoms with Crippen LogP contribution in [0.4, 0.5) is 13.2 Å². The van der Waals surface area contributed by atoms with Gasteiger partial charge in [0.05, 0.1) is 18.3 Å². The van der Waals surface area contributed by atoms with Crippen LogP contribution in [0.5, 0.6) is 0 Å². The Kier molecular flexibility index (Phi) is 5.76. The van der Waals surface area contributed by atoms with Crippen molar-refractivity contribution in [2.75, 3.05) is 26.2 Å². The Labute approximate surface area is 156 Å². The number of amides is 2. The number of carbonyl (C=O) groups excluding carboxylic acids is 2. The van der Waals surface area contributed by atoms with Gasteiger partial charge in [0.1, 0.15) is 0 Å². The monoisotopic (exact) mass is 386 g/mol. The number of halogens is 3. The van der Waals surface area contributed by atoms with Gasteiger partial charge in [0.15, 0.2) is 5.96 Å². The van der Waals surface area contributed by atoms with Crippen LogP contribution in [-0.2, 0) is 9.59 Å². The molecule has 1 saturated heterocycles. The fourth-order valence-electron chi connectivity index (χ4n) is 4.27. The van der Waals surface area contributed by atoms with E-state index < -0.39 is 12.6 Å². The topological polar surface area (TPSA) is 73.8 Å². The number of fused-ring (bicyclic) bond motifs is 5. The molecule has 0 radical (unpaired) electrons. The van der Waals surface area contributed by atoms with Crippen molar-refractivity contribution in [3.63, 3.8) is 0 Å². The summed E-state index contributed by atoms with van der Waals surface area (Å²) in [7, 11) is 0. The van der Waals surface area contributed by atoms with Crippen LogP contribution in [0.3, 0.4) is 0 Å². The molecular formula is C18H25F3N4O2. The van der Waals surface area contributed by atoms with Gasteiger partial charge in [0, 0.05) is 26.2 Å². The summed E-state index contributed by atoms with van der Waals surface area (Å²) in [6, 6.07) is 0. The Hall–Kier alpha value is -2.06. The Morgan fingerprint density at radius 3 is 2.37 bits per heavy atom. The Bertz CT molecular complexity index is 617. The molecule has 0 aromatic heterocycles. The summed E-state index contributed by atoms with van der Waals surface area (Å²) in [5.41, 5.74) is 0. The highest BCUT2D eigenvalue weighted by molar-refractivity contribution is 6.06. The van der Waals surface area contributed by atoms with Crippen molar-refractivity contribution >= 4 is 17.8 Å². The molecule has 1 heterocycles. The molecule has 0 aromatic carbocycles. The second-order valence-corrected chi connectivity index (χ2v) is 7.23. The zero-order valence-corrected chi connectivity index (χ0v) is 15.3. The summed E-state index contributed by atoms with van der Waals surface area (Å²) >= 11 is 0. The number of hydrogen-bond donors (Lipinski definition) is 2. The van der Waals surface area contributed by atoms with E-state index in [4.69, 9.17) is 0 Å². The average molecular weight is 386 g/mol. The van der Waals surface area contributed by atoms with Gasteiger partial charge in [-0.05, 0) is 31.6 Å². The van der Waals surface area contributed by atoms with Crippen molar-refractivity contribution in [2.24, 2.45) is 28.7 Å². The van der Waals surface area contributed by atoms with Crippen LogP contribution < -0.4 is 10.6 Å². The molecule has 6 nitrogen and oxygen atoms in total. The first-order chi connectivity index (χ1) is 12.8. The number of carbonyl (C=O) groups is 2. The summed E-state index contributed by atoms with van der Waals surface area (Å²) in [4.78, 5) is 30.7. The zero-order valence-electron chi connectivity index (χ0n) is 15.3. The molecule has 0 spiro atoms. The fraction of sp³-hybridized carbons (Fsp3) is 0.722. The number of rotatable bonds is 7. The average Bonchev–Trinajstić information content (AvgIpc) is 3.26. The van der Waals surface area contributed by atoms with E-state index in [1.54, 1.807) is 0 Å². The van der Waals surface area contributed by atoms with Crippen molar-refractivity contribution in [2.45, 2.75) is 32.4 Å². The van der Waals surface area contributed by atoms with Crippen LogP contribution in [0.25, 0.3) is 0 Å². The predicted molar refractivity (Wildman–Crippen MR) is 93.7 cm³/mol. The van der Waals surface area contributed by atoms with Crippen molar-refractivity contribution in [3.05, 3.63) is 12.2 Å². The van der Waals surface area contributed by atoms with E-state index in [9.17, 15) is 22.8 Å². The molecule has 1 saturated carbocycles.